The van der Waals surface area contributed by atoms with Gasteiger partial charge in [0.25, 0.3) is 0 Å². The summed E-state index contributed by atoms with van der Waals surface area (Å²) >= 11 is 0. The SMILES string of the molecule is O=C(O)c1ccc(-c2cncnc2)n1C1CC1. The van der Waals surface area contributed by atoms with Gasteiger partial charge in [-0.2, -0.15) is 0 Å². The summed E-state index contributed by atoms with van der Waals surface area (Å²) < 4.78 is 1.88. The van der Waals surface area contributed by atoms with Crippen LogP contribution in [0.4, 0.5) is 0 Å². The highest BCUT2D eigenvalue weighted by molar-refractivity contribution is 5.87. The minimum absolute atomic E-state index is 0.311. The molecule has 0 amide bonds. The van der Waals surface area contributed by atoms with E-state index < -0.39 is 5.97 Å². The van der Waals surface area contributed by atoms with E-state index in [1.807, 2.05) is 10.6 Å². The second kappa shape index (κ2) is 3.69. The van der Waals surface area contributed by atoms with Crippen LogP contribution in [-0.4, -0.2) is 25.6 Å². The Kier molecular flexibility index (Phi) is 2.18. The van der Waals surface area contributed by atoms with Gasteiger partial charge in [0, 0.05) is 24.0 Å². The molecule has 0 spiro atoms. The van der Waals surface area contributed by atoms with Gasteiger partial charge in [-0.3, -0.25) is 0 Å². The molecule has 5 nitrogen and oxygen atoms in total. The smallest absolute Gasteiger partial charge is 0.352 e. The molecular formula is C12H11N3O2. The molecule has 1 saturated carbocycles. The molecule has 3 rings (SSSR count). The molecule has 2 aromatic rings. The molecule has 2 aromatic heterocycles. The molecule has 0 radical (unpaired) electrons. The highest BCUT2D eigenvalue weighted by Crippen LogP contribution is 2.40. The maximum absolute atomic E-state index is 11.1. The van der Waals surface area contributed by atoms with E-state index in [0.29, 0.717) is 11.7 Å². The van der Waals surface area contributed by atoms with Crippen molar-refractivity contribution in [2.24, 2.45) is 0 Å². The predicted octanol–water partition coefficient (Wildman–Crippen LogP) is 1.98. The van der Waals surface area contributed by atoms with Crippen LogP contribution in [0.2, 0.25) is 0 Å². The molecule has 2 heterocycles. The zero-order valence-corrected chi connectivity index (χ0v) is 9.08. The number of hydrogen-bond acceptors (Lipinski definition) is 3. The number of carboxylic acid groups (broad SMARTS) is 1. The van der Waals surface area contributed by atoms with Crippen LogP contribution in [0.1, 0.15) is 29.4 Å². The van der Waals surface area contributed by atoms with E-state index in [4.69, 9.17) is 5.11 Å². The number of carbonyl (C=O) groups is 1. The maximum atomic E-state index is 11.1. The minimum atomic E-state index is -0.889. The quantitative estimate of drug-likeness (QED) is 0.873. The largest absolute Gasteiger partial charge is 0.477 e. The van der Waals surface area contributed by atoms with Crippen LogP contribution in [0.15, 0.2) is 30.9 Å². The van der Waals surface area contributed by atoms with Gasteiger partial charge in [-0.05, 0) is 25.0 Å². The fraction of sp³-hybridized carbons (Fsp3) is 0.250. The highest BCUT2D eigenvalue weighted by atomic mass is 16.4. The third-order valence-corrected chi connectivity index (χ3v) is 2.91. The molecule has 0 aliphatic heterocycles. The Morgan fingerprint density at radius 3 is 2.59 bits per heavy atom. The van der Waals surface area contributed by atoms with Gasteiger partial charge in [-0.1, -0.05) is 0 Å². The average Bonchev–Trinajstić information content (AvgIpc) is 3.08. The van der Waals surface area contributed by atoms with Crippen LogP contribution in [0.25, 0.3) is 11.3 Å². The zero-order valence-electron chi connectivity index (χ0n) is 9.08. The Balaban J connectivity index is 2.14. The van der Waals surface area contributed by atoms with Crippen LogP contribution in [0, 0.1) is 0 Å². The minimum Gasteiger partial charge on any atom is -0.477 e. The lowest BCUT2D eigenvalue weighted by atomic mass is 10.2. The lowest BCUT2D eigenvalue weighted by Crippen LogP contribution is -2.08. The van der Waals surface area contributed by atoms with E-state index in [-0.39, 0.29) is 0 Å². The molecule has 0 atom stereocenters. The fourth-order valence-electron chi connectivity index (χ4n) is 2.02. The van der Waals surface area contributed by atoms with E-state index in [1.54, 1.807) is 18.5 Å². The summed E-state index contributed by atoms with van der Waals surface area (Å²) in [5.41, 5.74) is 2.07. The van der Waals surface area contributed by atoms with Gasteiger partial charge in [0.15, 0.2) is 0 Å². The normalized spacial score (nSPS) is 14.8. The molecule has 17 heavy (non-hydrogen) atoms. The molecule has 1 N–H and O–H groups in total. The van der Waals surface area contributed by atoms with Crippen molar-refractivity contribution in [3.05, 3.63) is 36.5 Å². The molecule has 0 bridgehead atoms. The summed E-state index contributed by atoms with van der Waals surface area (Å²) in [7, 11) is 0. The van der Waals surface area contributed by atoms with Gasteiger partial charge < -0.3 is 9.67 Å². The summed E-state index contributed by atoms with van der Waals surface area (Å²) in [6.45, 7) is 0. The Labute approximate surface area is 97.8 Å². The van der Waals surface area contributed by atoms with E-state index in [0.717, 1.165) is 24.1 Å². The average molecular weight is 229 g/mol. The highest BCUT2D eigenvalue weighted by Gasteiger charge is 2.29. The van der Waals surface area contributed by atoms with E-state index >= 15 is 0 Å². The van der Waals surface area contributed by atoms with Gasteiger partial charge in [-0.25, -0.2) is 14.8 Å². The molecule has 0 unspecified atom stereocenters. The first-order chi connectivity index (χ1) is 8.27. The van der Waals surface area contributed by atoms with Crippen molar-refractivity contribution in [3.8, 4) is 11.3 Å². The molecule has 1 aliphatic rings. The number of rotatable bonds is 3. The molecule has 1 aliphatic carbocycles. The second-order valence-electron chi connectivity index (χ2n) is 4.14. The fourth-order valence-corrected chi connectivity index (χ4v) is 2.02. The Morgan fingerprint density at radius 2 is 2.00 bits per heavy atom. The predicted molar refractivity (Wildman–Crippen MR) is 60.7 cm³/mol. The van der Waals surface area contributed by atoms with Crippen molar-refractivity contribution in [3.63, 3.8) is 0 Å². The Morgan fingerprint density at radius 1 is 1.29 bits per heavy atom. The third kappa shape index (κ3) is 1.69. The number of carboxylic acids is 1. The van der Waals surface area contributed by atoms with E-state index in [2.05, 4.69) is 9.97 Å². The van der Waals surface area contributed by atoms with Crippen molar-refractivity contribution in [1.29, 1.82) is 0 Å². The van der Waals surface area contributed by atoms with Crippen LogP contribution in [0.5, 0.6) is 0 Å². The lowest BCUT2D eigenvalue weighted by molar-refractivity contribution is 0.0685. The van der Waals surface area contributed by atoms with E-state index in [1.165, 1.54) is 6.33 Å². The van der Waals surface area contributed by atoms with Crippen molar-refractivity contribution >= 4 is 5.97 Å². The van der Waals surface area contributed by atoms with Gasteiger partial charge in [0.1, 0.15) is 12.0 Å². The standard InChI is InChI=1S/C12H11N3O2/c16-12(17)11-4-3-10(15(11)9-1-2-9)8-5-13-7-14-6-8/h3-7,9H,1-2H2,(H,16,17). The van der Waals surface area contributed by atoms with Crippen molar-refractivity contribution < 1.29 is 9.90 Å². The number of hydrogen-bond donors (Lipinski definition) is 1. The van der Waals surface area contributed by atoms with Crippen molar-refractivity contribution in [2.75, 3.05) is 0 Å². The van der Waals surface area contributed by atoms with Gasteiger partial charge in [0.2, 0.25) is 0 Å². The molecular weight excluding hydrogens is 218 g/mol. The second-order valence-corrected chi connectivity index (χ2v) is 4.14. The molecule has 5 heteroatoms. The monoisotopic (exact) mass is 229 g/mol. The Bertz CT molecular complexity index is 558. The van der Waals surface area contributed by atoms with Crippen LogP contribution in [0.3, 0.4) is 0 Å². The summed E-state index contributed by atoms with van der Waals surface area (Å²) in [4.78, 5) is 19.1. The van der Waals surface area contributed by atoms with Crippen molar-refractivity contribution in [1.82, 2.24) is 14.5 Å². The van der Waals surface area contributed by atoms with Crippen LogP contribution in [-0.2, 0) is 0 Å². The topological polar surface area (TPSA) is 68.0 Å². The van der Waals surface area contributed by atoms with Gasteiger partial charge in [-0.15, -0.1) is 0 Å². The number of nitrogens with zero attached hydrogens (tertiary/aromatic N) is 3. The molecule has 86 valence electrons. The zero-order chi connectivity index (χ0) is 11.8. The van der Waals surface area contributed by atoms with Crippen LogP contribution >= 0.6 is 0 Å². The third-order valence-electron chi connectivity index (χ3n) is 2.91. The number of aromatic nitrogens is 3. The lowest BCUT2D eigenvalue weighted by Gasteiger charge is -2.09. The Hall–Kier alpha value is -2.17. The van der Waals surface area contributed by atoms with Gasteiger partial charge in [0.05, 0.1) is 5.69 Å². The first-order valence-electron chi connectivity index (χ1n) is 5.47. The molecule has 0 aromatic carbocycles. The summed E-state index contributed by atoms with van der Waals surface area (Å²) in [5.74, 6) is -0.889. The summed E-state index contributed by atoms with van der Waals surface area (Å²) in [6, 6.07) is 3.77. The van der Waals surface area contributed by atoms with E-state index in [9.17, 15) is 4.79 Å². The number of aromatic carboxylic acids is 1. The maximum Gasteiger partial charge on any atom is 0.352 e. The van der Waals surface area contributed by atoms with Crippen molar-refractivity contribution in [2.45, 2.75) is 18.9 Å². The summed E-state index contributed by atoms with van der Waals surface area (Å²) in [6.07, 6.45) is 6.94. The molecule has 0 saturated heterocycles. The summed E-state index contributed by atoms with van der Waals surface area (Å²) in [5, 5.41) is 9.15. The molecule has 1 fully saturated rings. The first-order valence-corrected chi connectivity index (χ1v) is 5.47. The van der Waals surface area contributed by atoms with Crippen LogP contribution < -0.4 is 0 Å². The van der Waals surface area contributed by atoms with Gasteiger partial charge >= 0.3 is 5.97 Å². The first kappa shape index (κ1) is 10.0.